The molecule has 0 bridgehead atoms. The zero-order chi connectivity index (χ0) is 12.6. The first-order valence-corrected chi connectivity index (χ1v) is 6.29. The highest BCUT2D eigenvalue weighted by Gasteiger charge is 2.13. The molecule has 2 aromatic rings. The lowest BCUT2D eigenvalue weighted by molar-refractivity contribution is -0.139. The molecule has 0 aliphatic rings. The van der Waals surface area contributed by atoms with Crippen LogP contribution in [0.5, 0.6) is 0 Å². The van der Waals surface area contributed by atoms with Gasteiger partial charge in [0.2, 0.25) is 0 Å². The van der Waals surface area contributed by atoms with Gasteiger partial charge in [0, 0.05) is 15.6 Å². The number of methoxy groups -OCH3 is 1. The molecule has 0 atom stereocenters. The van der Waals surface area contributed by atoms with Crippen LogP contribution in [-0.4, -0.2) is 18.1 Å². The summed E-state index contributed by atoms with van der Waals surface area (Å²) >= 11 is 15.4. The number of carbonyl (C=O) groups is 1. The summed E-state index contributed by atoms with van der Waals surface area (Å²) in [6, 6.07) is 3.57. The average molecular weight is 337 g/mol. The van der Waals surface area contributed by atoms with Gasteiger partial charge >= 0.3 is 5.97 Å². The Balaban J connectivity index is 2.53. The second kappa shape index (κ2) is 4.88. The Hall–Kier alpha value is -0.710. The highest BCUT2D eigenvalue weighted by Crippen LogP contribution is 2.36. The van der Waals surface area contributed by atoms with E-state index in [1.54, 1.807) is 6.07 Å². The van der Waals surface area contributed by atoms with Crippen LogP contribution in [0.3, 0.4) is 0 Å². The van der Waals surface area contributed by atoms with Gasteiger partial charge in [0.1, 0.15) is 0 Å². The van der Waals surface area contributed by atoms with E-state index in [0.717, 1.165) is 15.6 Å². The van der Waals surface area contributed by atoms with Crippen LogP contribution in [0.4, 0.5) is 0 Å². The van der Waals surface area contributed by atoms with Gasteiger partial charge in [0.05, 0.1) is 29.1 Å². The molecule has 3 nitrogen and oxygen atoms in total. The van der Waals surface area contributed by atoms with Crippen molar-refractivity contribution in [1.82, 2.24) is 4.98 Å². The molecule has 0 aliphatic carbocycles. The lowest BCUT2D eigenvalue weighted by Crippen LogP contribution is -2.04. The highest BCUT2D eigenvalue weighted by atomic mass is 79.9. The Labute approximate surface area is 116 Å². The molecule has 1 aromatic heterocycles. The van der Waals surface area contributed by atoms with Crippen LogP contribution < -0.4 is 0 Å². The van der Waals surface area contributed by atoms with E-state index in [4.69, 9.17) is 23.2 Å². The van der Waals surface area contributed by atoms with Crippen LogP contribution in [0.25, 0.3) is 10.9 Å². The van der Waals surface area contributed by atoms with Crippen LogP contribution in [0.1, 0.15) is 5.69 Å². The van der Waals surface area contributed by atoms with E-state index >= 15 is 0 Å². The minimum absolute atomic E-state index is 0.172. The number of esters is 1. The molecule has 0 unspecified atom stereocenters. The predicted molar refractivity (Wildman–Crippen MR) is 71.7 cm³/mol. The van der Waals surface area contributed by atoms with Gasteiger partial charge in [-0.25, -0.2) is 0 Å². The normalized spacial score (nSPS) is 10.8. The first-order chi connectivity index (χ1) is 8.02. The van der Waals surface area contributed by atoms with Gasteiger partial charge in [-0.3, -0.25) is 4.79 Å². The second-order valence-electron chi connectivity index (χ2n) is 3.49. The standard InChI is InChI=1S/C11H8BrCl2NO2/c1-17-9(16)3-5-2-6-7(12)4-8(13)10(14)11(6)15-5/h2,4,15H,3H2,1H3. The van der Waals surface area contributed by atoms with Crippen LogP contribution in [0.2, 0.25) is 10.0 Å². The third-order valence-corrected chi connectivity index (χ3v) is 3.82. The van der Waals surface area contributed by atoms with Crippen molar-refractivity contribution in [1.29, 1.82) is 0 Å². The SMILES string of the molecule is COC(=O)Cc1cc2c(Br)cc(Cl)c(Cl)c2[nH]1. The molecular formula is C11H8BrCl2NO2. The van der Waals surface area contributed by atoms with Crippen molar-refractivity contribution < 1.29 is 9.53 Å². The van der Waals surface area contributed by atoms with E-state index in [0.29, 0.717) is 15.6 Å². The fourth-order valence-electron chi connectivity index (χ4n) is 1.57. The summed E-state index contributed by atoms with van der Waals surface area (Å²) in [6.45, 7) is 0. The molecule has 0 aliphatic heterocycles. The Morgan fingerprint density at radius 3 is 2.82 bits per heavy atom. The van der Waals surface area contributed by atoms with Crippen molar-refractivity contribution in [2.45, 2.75) is 6.42 Å². The summed E-state index contributed by atoms with van der Waals surface area (Å²) in [6.07, 6.45) is 0.172. The van der Waals surface area contributed by atoms with Crippen LogP contribution in [0, 0.1) is 0 Å². The Kier molecular flexibility index (Phi) is 3.66. The van der Waals surface area contributed by atoms with E-state index in [1.807, 2.05) is 6.07 Å². The molecule has 0 saturated heterocycles. The third kappa shape index (κ3) is 2.44. The number of carbonyl (C=O) groups excluding carboxylic acids is 1. The van der Waals surface area contributed by atoms with Crippen molar-refractivity contribution in [3.05, 3.63) is 32.3 Å². The number of aromatic nitrogens is 1. The first kappa shape index (κ1) is 12.7. The third-order valence-electron chi connectivity index (χ3n) is 2.38. The van der Waals surface area contributed by atoms with Crippen LogP contribution >= 0.6 is 39.1 Å². The number of aromatic amines is 1. The molecule has 0 saturated carbocycles. The fraction of sp³-hybridized carbons (Fsp3) is 0.182. The van der Waals surface area contributed by atoms with E-state index < -0.39 is 0 Å². The average Bonchev–Trinajstić information content (AvgIpc) is 2.70. The molecule has 1 heterocycles. The lowest BCUT2D eigenvalue weighted by Gasteiger charge is -1.99. The number of H-pyrrole nitrogens is 1. The largest absolute Gasteiger partial charge is 0.469 e. The maximum absolute atomic E-state index is 11.2. The van der Waals surface area contributed by atoms with E-state index in [1.165, 1.54) is 7.11 Å². The second-order valence-corrected chi connectivity index (χ2v) is 5.13. The van der Waals surface area contributed by atoms with Gasteiger partial charge in [0.25, 0.3) is 0 Å². The summed E-state index contributed by atoms with van der Waals surface area (Å²) < 4.78 is 5.43. The molecule has 1 N–H and O–H groups in total. The Bertz CT molecular complexity index is 595. The molecule has 0 spiro atoms. The number of halogens is 3. The highest BCUT2D eigenvalue weighted by molar-refractivity contribution is 9.10. The van der Waals surface area contributed by atoms with E-state index in [2.05, 4.69) is 25.7 Å². The van der Waals surface area contributed by atoms with Crippen LogP contribution in [-0.2, 0) is 16.0 Å². The molecule has 0 radical (unpaired) electrons. The van der Waals surface area contributed by atoms with Crippen molar-refractivity contribution in [2.24, 2.45) is 0 Å². The molecule has 17 heavy (non-hydrogen) atoms. The number of rotatable bonds is 2. The topological polar surface area (TPSA) is 42.1 Å². The molecule has 90 valence electrons. The fourth-order valence-corrected chi connectivity index (χ4v) is 2.65. The maximum Gasteiger partial charge on any atom is 0.311 e. The zero-order valence-corrected chi connectivity index (χ0v) is 11.9. The summed E-state index contributed by atoms with van der Waals surface area (Å²) in [5.41, 5.74) is 1.45. The van der Waals surface area contributed by atoms with Crippen LogP contribution in [0.15, 0.2) is 16.6 Å². The molecule has 2 rings (SSSR count). The lowest BCUT2D eigenvalue weighted by atomic mass is 10.2. The summed E-state index contributed by atoms with van der Waals surface area (Å²) in [5.74, 6) is -0.310. The number of benzene rings is 1. The van der Waals surface area contributed by atoms with Gasteiger partial charge in [0.15, 0.2) is 0 Å². The van der Waals surface area contributed by atoms with Crippen molar-refractivity contribution in [3.63, 3.8) is 0 Å². The number of ether oxygens (including phenoxy) is 1. The van der Waals surface area contributed by atoms with Gasteiger partial charge in [-0.05, 0) is 12.1 Å². The Morgan fingerprint density at radius 1 is 1.47 bits per heavy atom. The zero-order valence-electron chi connectivity index (χ0n) is 8.81. The monoisotopic (exact) mass is 335 g/mol. The predicted octanol–water partition coefficient (Wildman–Crippen LogP) is 3.95. The summed E-state index contributed by atoms with van der Waals surface area (Å²) in [5, 5.41) is 1.79. The Morgan fingerprint density at radius 2 is 2.18 bits per heavy atom. The quantitative estimate of drug-likeness (QED) is 0.666. The number of hydrogen-bond acceptors (Lipinski definition) is 2. The van der Waals surface area contributed by atoms with Gasteiger partial charge in [-0.1, -0.05) is 39.1 Å². The molecule has 1 aromatic carbocycles. The van der Waals surface area contributed by atoms with E-state index in [9.17, 15) is 4.79 Å². The minimum Gasteiger partial charge on any atom is -0.469 e. The van der Waals surface area contributed by atoms with E-state index in [-0.39, 0.29) is 12.4 Å². The molecule has 0 amide bonds. The number of hydrogen-bond donors (Lipinski definition) is 1. The van der Waals surface area contributed by atoms with Crippen molar-refractivity contribution >= 4 is 56.0 Å². The maximum atomic E-state index is 11.2. The molecular weight excluding hydrogens is 329 g/mol. The number of fused-ring (bicyclic) bond motifs is 1. The van der Waals surface area contributed by atoms with Crippen molar-refractivity contribution in [3.8, 4) is 0 Å². The van der Waals surface area contributed by atoms with Gasteiger partial charge < -0.3 is 9.72 Å². The molecule has 6 heteroatoms. The van der Waals surface area contributed by atoms with Gasteiger partial charge in [-0.2, -0.15) is 0 Å². The number of nitrogens with one attached hydrogen (secondary N) is 1. The summed E-state index contributed by atoms with van der Waals surface area (Å²) in [4.78, 5) is 14.2. The van der Waals surface area contributed by atoms with Gasteiger partial charge in [-0.15, -0.1) is 0 Å². The first-order valence-electron chi connectivity index (χ1n) is 4.75. The summed E-state index contributed by atoms with van der Waals surface area (Å²) in [7, 11) is 1.35. The molecule has 0 fully saturated rings. The minimum atomic E-state index is -0.310. The smallest absolute Gasteiger partial charge is 0.311 e. The van der Waals surface area contributed by atoms with Crippen molar-refractivity contribution in [2.75, 3.05) is 7.11 Å².